The average molecular weight is 200 g/mol. The highest BCUT2D eigenvalue weighted by Gasteiger charge is 2.06. The molecule has 0 amide bonds. The highest BCUT2D eigenvalue weighted by molar-refractivity contribution is 7.11. The molecule has 0 aliphatic heterocycles. The van der Waals surface area contributed by atoms with Crippen molar-refractivity contribution in [2.75, 3.05) is 19.8 Å². The summed E-state index contributed by atoms with van der Waals surface area (Å²) in [4.78, 5) is 11.8. The number of hydrogen-bond acceptors (Lipinski definition) is 4. The molecule has 1 aromatic rings. The van der Waals surface area contributed by atoms with Crippen molar-refractivity contribution in [3.05, 3.63) is 22.4 Å². The fourth-order valence-corrected chi connectivity index (χ4v) is 1.42. The van der Waals surface area contributed by atoms with Crippen LogP contribution in [0.5, 0.6) is 0 Å². The minimum absolute atomic E-state index is 0.269. The molecule has 0 unspecified atom stereocenters. The minimum Gasteiger partial charge on any atom is -0.459 e. The Labute approximate surface area is 81.3 Å². The fraction of sp³-hybridized carbons (Fsp3) is 0.444. The van der Waals surface area contributed by atoms with Gasteiger partial charge in [-0.05, 0) is 18.4 Å². The van der Waals surface area contributed by atoms with E-state index in [2.05, 4.69) is 0 Å². The van der Waals surface area contributed by atoms with E-state index in [4.69, 9.17) is 9.47 Å². The Kier molecular flexibility index (Phi) is 4.49. The smallest absolute Gasteiger partial charge is 0.348 e. The van der Waals surface area contributed by atoms with E-state index in [0.29, 0.717) is 24.7 Å². The second kappa shape index (κ2) is 5.72. The van der Waals surface area contributed by atoms with E-state index in [1.807, 2.05) is 18.4 Å². The number of esters is 1. The lowest BCUT2D eigenvalue weighted by molar-refractivity contribution is 0.0340. The van der Waals surface area contributed by atoms with Crippen molar-refractivity contribution in [1.82, 2.24) is 0 Å². The van der Waals surface area contributed by atoms with Gasteiger partial charge < -0.3 is 9.47 Å². The summed E-state index contributed by atoms with van der Waals surface area (Å²) in [5, 5.41) is 1.85. The van der Waals surface area contributed by atoms with Crippen molar-refractivity contribution in [3.8, 4) is 0 Å². The lowest BCUT2D eigenvalue weighted by Gasteiger charge is -2.02. The standard InChI is InChI=1S/C9H12O3S/c1-2-11-5-6-12-9(10)8-4-3-7-13-8/h3-4,7H,2,5-6H2,1H3. The molecule has 1 rings (SSSR count). The third-order valence-corrected chi connectivity index (χ3v) is 2.24. The summed E-state index contributed by atoms with van der Waals surface area (Å²) in [7, 11) is 0. The first-order valence-corrected chi connectivity index (χ1v) is 5.01. The van der Waals surface area contributed by atoms with Crippen LogP contribution < -0.4 is 0 Å². The fourth-order valence-electron chi connectivity index (χ4n) is 0.803. The third kappa shape index (κ3) is 3.57. The van der Waals surface area contributed by atoms with E-state index in [1.54, 1.807) is 6.07 Å². The predicted molar refractivity (Wildman–Crippen MR) is 51.1 cm³/mol. The van der Waals surface area contributed by atoms with Crippen LogP contribution in [0.1, 0.15) is 16.6 Å². The van der Waals surface area contributed by atoms with Crippen molar-refractivity contribution in [2.45, 2.75) is 6.92 Å². The van der Waals surface area contributed by atoms with Crippen molar-refractivity contribution >= 4 is 17.3 Å². The normalized spacial score (nSPS) is 9.92. The average Bonchev–Trinajstić information content (AvgIpc) is 2.65. The van der Waals surface area contributed by atoms with Gasteiger partial charge in [-0.3, -0.25) is 0 Å². The molecule has 0 saturated carbocycles. The molecule has 1 heterocycles. The number of thiophene rings is 1. The van der Waals surface area contributed by atoms with E-state index in [1.165, 1.54) is 11.3 Å². The van der Waals surface area contributed by atoms with Crippen LogP contribution in [0.2, 0.25) is 0 Å². The molecule has 0 saturated heterocycles. The number of carbonyl (C=O) groups excluding carboxylic acids is 1. The first kappa shape index (κ1) is 10.2. The van der Waals surface area contributed by atoms with Crippen molar-refractivity contribution < 1.29 is 14.3 Å². The van der Waals surface area contributed by atoms with Gasteiger partial charge in [-0.1, -0.05) is 6.07 Å². The molecule has 0 atom stereocenters. The predicted octanol–water partition coefficient (Wildman–Crippen LogP) is 1.94. The van der Waals surface area contributed by atoms with E-state index < -0.39 is 0 Å². The zero-order valence-corrected chi connectivity index (χ0v) is 8.30. The second-order valence-corrected chi connectivity index (χ2v) is 3.26. The molecule has 72 valence electrons. The molecule has 0 aliphatic carbocycles. The van der Waals surface area contributed by atoms with Gasteiger partial charge in [0.25, 0.3) is 0 Å². The molecule has 3 nitrogen and oxygen atoms in total. The van der Waals surface area contributed by atoms with Crippen LogP contribution in [0.15, 0.2) is 17.5 Å². The number of ether oxygens (including phenoxy) is 2. The van der Waals surface area contributed by atoms with E-state index in [0.717, 1.165) is 0 Å². The number of carbonyl (C=O) groups is 1. The van der Waals surface area contributed by atoms with Gasteiger partial charge in [0.15, 0.2) is 0 Å². The van der Waals surface area contributed by atoms with E-state index >= 15 is 0 Å². The Hall–Kier alpha value is -0.870. The zero-order chi connectivity index (χ0) is 9.52. The van der Waals surface area contributed by atoms with Gasteiger partial charge in [0.1, 0.15) is 11.5 Å². The summed E-state index contributed by atoms with van der Waals surface area (Å²) in [6.45, 7) is 3.34. The Morgan fingerprint density at radius 3 is 3.00 bits per heavy atom. The van der Waals surface area contributed by atoms with Crippen molar-refractivity contribution in [3.63, 3.8) is 0 Å². The number of hydrogen-bond donors (Lipinski definition) is 0. The van der Waals surface area contributed by atoms with Crippen LogP contribution >= 0.6 is 11.3 Å². The minimum atomic E-state index is -0.269. The summed E-state index contributed by atoms with van der Waals surface area (Å²) >= 11 is 1.38. The summed E-state index contributed by atoms with van der Waals surface area (Å²) < 4.78 is 9.96. The molecular formula is C9H12O3S. The quantitative estimate of drug-likeness (QED) is 0.538. The van der Waals surface area contributed by atoms with E-state index in [-0.39, 0.29) is 5.97 Å². The van der Waals surface area contributed by atoms with E-state index in [9.17, 15) is 4.79 Å². The molecule has 4 heteroatoms. The molecule has 0 spiro atoms. The van der Waals surface area contributed by atoms with Gasteiger partial charge in [-0.15, -0.1) is 11.3 Å². The molecular weight excluding hydrogens is 188 g/mol. The van der Waals surface area contributed by atoms with Gasteiger partial charge in [0.2, 0.25) is 0 Å². The van der Waals surface area contributed by atoms with Crippen molar-refractivity contribution in [2.24, 2.45) is 0 Å². The monoisotopic (exact) mass is 200 g/mol. The topological polar surface area (TPSA) is 35.5 Å². The van der Waals surface area contributed by atoms with Crippen LogP contribution in [0.4, 0.5) is 0 Å². The van der Waals surface area contributed by atoms with Crippen LogP contribution in [0.3, 0.4) is 0 Å². The molecule has 0 bridgehead atoms. The summed E-state index contributed by atoms with van der Waals surface area (Å²) in [5.41, 5.74) is 0. The molecule has 0 aliphatic rings. The molecule has 0 N–H and O–H groups in total. The Balaban J connectivity index is 2.19. The largest absolute Gasteiger partial charge is 0.459 e. The Morgan fingerprint density at radius 1 is 1.54 bits per heavy atom. The maximum Gasteiger partial charge on any atom is 0.348 e. The molecule has 13 heavy (non-hydrogen) atoms. The highest BCUT2D eigenvalue weighted by atomic mass is 32.1. The highest BCUT2D eigenvalue weighted by Crippen LogP contribution is 2.09. The Morgan fingerprint density at radius 2 is 2.38 bits per heavy atom. The lowest BCUT2D eigenvalue weighted by Crippen LogP contribution is -2.09. The molecule has 0 radical (unpaired) electrons. The second-order valence-electron chi connectivity index (χ2n) is 2.31. The SMILES string of the molecule is CCOCCOC(=O)c1cccs1. The molecule has 1 aromatic heterocycles. The maximum absolute atomic E-state index is 11.2. The first-order chi connectivity index (χ1) is 6.34. The summed E-state index contributed by atoms with van der Waals surface area (Å²) in [5.74, 6) is -0.269. The number of rotatable bonds is 5. The van der Waals surface area contributed by atoms with Crippen LogP contribution in [-0.2, 0) is 9.47 Å². The summed E-state index contributed by atoms with van der Waals surface area (Å²) in [6.07, 6.45) is 0. The van der Waals surface area contributed by atoms with Crippen molar-refractivity contribution in [1.29, 1.82) is 0 Å². The third-order valence-electron chi connectivity index (χ3n) is 1.39. The molecule has 0 fully saturated rings. The lowest BCUT2D eigenvalue weighted by atomic mass is 10.5. The first-order valence-electron chi connectivity index (χ1n) is 4.13. The Bertz CT molecular complexity index is 243. The van der Waals surface area contributed by atoms with Gasteiger partial charge in [-0.25, -0.2) is 4.79 Å². The zero-order valence-electron chi connectivity index (χ0n) is 7.49. The van der Waals surface area contributed by atoms with Gasteiger partial charge in [0.05, 0.1) is 6.61 Å². The van der Waals surface area contributed by atoms with Gasteiger partial charge >= 0.3 is 5.97 Å². The van der Waals surface area contributed by atoms with Crippen LogP contribution in [0, 0.1) is 0 Å². The maximum atomic E-state index is 11.2. The van der Waals surface area contributed by atoms with Crippen LogP contribution in [-0.4, -0.2) is 25.8 Å². The van der Waals surface area contributed by atoms with Gasteiger partial charge in [0, 0.05) is 6.61 Å². The van der Waals surface area contributed by atoms with Gasteiger partial charge in [-0.2, -0.15) is 0 Å². The summed E-state index contributed by atoms with van der Waals surface area (Å²) in [6, 6.07) is 3.57. The molecule has 0 aromatic carbocycles. The van der Waals surface area contributed by atoms with Crippen LogP contribution in [0.25, 0.3) is 0 Å².